The summed E-state index contributed by atoms with van der Waals surface area (Å²) in [7, 11) is 2.13. The highest BCUT2D eigenvalue weighted by Gasteiger charge is 2.19. The average molecular weight is 323 g/mol. The van der Waals surface area contributed by atoms with E-state index >= 15 is 0 Å². The first kappa shape index (κ1) is 15.6. The molecule has 1 aliphatic heterocycles. The lowest BCUT2D eigenvalue weighted by molar-refractivity contribution is -0.00830. The van der Waals surface area contributed by atoms with Crippen molar-refractivity contribution in [3.05, 3.63) is 22.9 Å². The van der Waals surface area contributed by atoms with Crippen LogP contribution in [-0.2, 0) is 11.3 Å². The van der Waals surface area contributed by atoms with Crippen molar-refractivity contribution in [2.24, 2.45) is 0 Å². The minimum absolute atomic E-state index is 0.273. The van der Waals surface area contributed by atoms with E-state index in [0.29, 0.717) is 18.3 Å². The van der Waals surface area contributed by atoms with Crippen LogP contribution < -0.4 is 0 Å². The van der Waals surface area contributed by atoms with Gasteiger partial charge in [0.1, 0.15) is 6.61 Å². The largest absolute Gasteiger partial charge is 0.388 e. The third-order valence-electron chi connectivity index (χ3n) is 3.84. The van der Waals surface area contributed by atoms with Crippen LogP contribution in [0.1, 0.15) is 36.6 Å². The molecule has 2 aromatic rings. The Morgan fingerprint density at radius 1 is 1.45 bits per heavy atom. The Bertz CT molecular complexity index is 603. The van der Waals surface area contributed by atoms with Crippen molar-refractivity contribution in [1.29, 1.82) is 0 Å². The van der Waals surface area contributed by atoms with Gasteiger partial charge in [0.15, 0.2) is 0 Å². The molecule has 0 aliphatic carbocycles. The molecule has 1 atom stereocenters. The highest BCUT2D eigenvalue weighted by atomic mass is 32.1. The summed E-state index contributed by atoms with van der Waals surface area (Å²) in [5.41, 5.74) is 0. The molecule has 7 heteroatoms. The standard InChI is InChI=1S/C15H21N3O3S/c1-10(19)12-3-4-13(22-12)15-16-14(21-17-15)9-20-11-5-7-18(2)8-6-11/h3-4,10-11,19H,5-9H2,1-2H3. The summed E-state index contributed by atoms with van der Waals surface area (Å²) in [6.45, 7) is 4.23. The van der Waals surface area contributed by atoms with Gasteiger partial charge in [0.25, 0.3) is 5.89 Å². The second kappa shape index (κ2) is 6.87. The van der Waals surface area contributed by atoms with Crippen molar-refractivity contribution in [3.63, 3.8) is 0 Å². The van der Waals surface area contributed by atoms with Crippen LogP contribution in [0.3, 0.4) is 0 Å². The van der Waals surface area contributed by atoms with E-state index in [2.05, 4.69) is 22.1 Å². The SMILES string of the molecule is CC(O)c1ccc(-c2noc(COC3CCN(C)CC3)n2)s1. The molecule has 22 heavy (non-hydrogen) atoms. The number of hydrogen-bond acceptors (Lipinski definition) is 7. The normalized spacial score (nSPS) is 18.7. The molecule has 120 valence electrons. The summed E-state index contributed by atoms with van der Waals surface area (Å²) in [5, 5.41) is 13.5. The van der Waals surface area contributed by atoms with Crippen LogP contribution in [0.2, 0.25) is 0 Å². The van der Waals surface area contributed by atoms with E-state index in [1.165, 1.54) is 11.3 Å². The minimum Gasteiger partial charge on any atom is -0.388 e. The summed E-state index contributed by atoms with van der Waals surface area (Å²) in [6.07, 6.45) is 1.88. The van der Waals surface area contributed by atoms with Gasteiger partial charge in [-0.05, 0) is 38.9 Å². The van der Waals surface area contributed by atoms with Gasteiger partial charge < -0.3 is 19.3 Å². The summed E-state index contributed by atoms with van der Waals surface area (Å²) in [6, 6.07) is 3.79. The highest BCUT2D eigenvalue weighted by Crippen LogP contribution is 2.29. The first-order valence-corrected chi connectivity index (χ1v) is 8.34. The van der Waals surface area contributed by atoms with E-state index in [9.17, 15) is 5.11 Å². The van der Waals surface area contributed by atoms with Gasteiger partial charge >= 0.3 is 0 Å². The second-order valence-electron chi connectivity index (χ2n) is 5.70. The molecule has 1 fully saturated rings. The van der Waals surface area contributed by atoms with Crippen LogP contribution in [-0.4, -0.2) is 46.4 Å². The molecular weight excluding hydrogens is 302 g/mol. The molecule has 6 nitrogen and oxygen atoms in total. The lowest BCUT2D eigenvalue weighted by Crippen LogP contribution is -2.34. The lowest BCUT2D eigenvalue weighted by atomic mass is 10.1. The Labute approximate surface area is 133 Å². The van der Waals surface area contributed by atoms with E-state index in [1.807, 2.05) is 12.1 Å². The van der Waals surface area contributed by atoms with E-state index in [1.54, 1.807) is 6.92 Å². The number of hydrogen-bond donors (Lipinski definition) is 1. The minimum atomic E-state index is -0.474. The predicted molar refractivity (Wildman–Crippen MR) is 83.6 cm³/mol. The van der Waals surface area contributed by atoms with Crippen molar-refractivity contribution in [3.8, 4) is 10.7 Å². The van der Waals surface area contributed by atoms with Gasteiger partial charge in [0.05, 0.1) is 17.1 Å². The van der Waals surface area contributed by atoms with Gasteiger partial charge in [-0.1, -0.05) is 5.16 Å². The molecule has 0 bridgehead atoms. The molecule has 0 aromatic carbocycles. The maximum atomic E-state index is 9.56. The van der Waals surface area contributed by atoms with E-state index in [0.717, 1.165) is 35.7 Å². The number of likely N-dealkylation sites (tertiary alicyclic amines) is 1. The Balaban J connectivity index is 1.56. The molecule has 3 heterocycles. The van der Waals surface area contributed by atoms with Gasteiger partial charge in [-0.15, -0.1) is 11.3 Å². The molecular formula is C15H21N3O3S. The summed E-state index contributed by atoms with van der Waals surface area (Å²) >= 11 is 1.47. The number of thiophene rings is 1. The van der Waals surface area contributed by atoms with Crippen LogP contribution in [0.15, 0.2) is 16.7 Å². The zero-order valence-corrected chi connectivity index (χ0v) is 13.7. The van der Waals surface area contributed by atoms with Gasteiger partial charge in [-0.25, -0.2) is 0 Å². The zero-order chi connectivity index (χ0) is 15.5. The van der Waals surface area contributed by atoms with Gasteiger partial charge in [0.2, 0.25) is 5.82 Å². The molecule has 1 saturated heterocycles. The van der Waals surface area contributed by atoms with Crippen LogP contribution in [0.4, 0.5) is 0 Å². The second-order valence-corrected chi connectivity index (χ2v) is 6.82. The summed E-state index contributed by atoms with van der Waals surface area (Å²) in [4.78, 5) is 8.46. The van der Waals surface area contributed by atoms with E-state index in [-0.39, 0.29) is 6.10 Å². The predicted octanol–water partition coefficient (Wildman–Crippen LogP) is 2.46. The molecule has 1 aliphatic rings. The monoisotopic (exact) mass is 323 g/mol. The zero-order valence-electron chi connectivity index (χ0n) is 12.9. The fourth-order valence-corrected chi connectivity index (χ4v) is 3.32. The maximum absolute atomic E-state index is 9.56. The summed E-state index contributed by atoms with van der Waals surface area (Å²) < 4.78 is 11.1. The number of aliphatic hydroxyl groups is 1. The third kappa shape index (κ3) is 3.73. The van der Waals surface area contributed by atoms with Gasteiger partial charge in [-0.3, -0.25) is 0 Å². The first-order chi connectivity index (χ1) is 10.6. The fourth-order valence-electron chi connectivity index (χ4n) is 2.45. The molecule has 0 saturated carbocycles. The Morgan fingerprint density at radius 2 is 2.23 bits per heavy atom. The third-order valence-corrected chi connectivity index (χ3v) is 5.09. The van der Waals surface area contributed by atoms with Gasteiger partial charge in [-0.2, -0.15) is 4.98 Å². The quantitative estimate of drug-likeness (QED) is 0.911. The smallest absolute Gasteiger partial charge is 0.252 e. The Kier molecular flexibility index (Phi) is 4.87. The van der Waals surface area contributed by atoms with E-state index in [4.69, 9.17) is 9.26 Å². The number of piperidine rings is 1. The molecule has 3 rings (SSSR count). The molecule has 1 N–H and O–H groups in total. The Morgan fingerprint density at radius 3 is 2.91 bits per heavy atom. The molecule has 2 aromatic heterocycles. The van der Waals surface area contributed by atoms with Crippen LogP contribution >= 0.6 is 11.3 Å². The number of rotatable bonds is 5. The van der Waals surface area contributed by atoms with Gasteiger partial charge in [0, 0.05) is 18.0 Å². The number of aromatic nitrogens is 2. The maximum Gasteiger partial charge on any atom is 0.252 e. The van der Waals surface area contributed by atoms with E-state index < -0.39 is 6.10 Å². The first-order valence-electron chi connectivity index (χ1n) is 7.52. The van der Waals surface area contributed by atoms with Crippen LogP contribution in [0.5, 0.6) is 0 Å². The number of nitrogens with zero attached hydrogens (tertiary/aromatic N) is 3. The van der Waals surface area contributed by atoms with Crippen molar-refractivity contribution < 1.29 is 14.4 Å². The number of ether oxygens (including phenoxy) is 1. The molecule has 0 amide bonds. The Hall–Kier alpha value is -1.28. The fraction of sp³-hybridized carbons (Fsp3) is 0.600. The number of aliphatic hydroxyl groups excluding tert-OH is 1. The van der Waals surface area contributed by atoms with Crippen LogP contribution in [0, 0.1) is 0 Å². The lowest BCUT2D eigenvalue weighted by Gasteiger charge is -2.28. The average Bonchev–Trinajstić information content (AvgIpc) is 3.15. The van der Waals surface area contributed by atoms with Crippen molar-refractivity contribution in [2.45, 2.75) is 38.6 Å². The topological polar surface area (TPSA) is 71.6 Å². The summed E-state index contributed by atoms with van der Waals surface area (Å²) in [5.74, 6) is 1.06. The van der Waals surface area contributed by atoms with Crippen molar-refractivity contribution in [2.75, 3.05) is 20.1 Å². The van der Waals surface area contributed by atoms with Crippen molar-refractivity contribution >= 4 is 11.3 Å². The molecule has 0 radical (unpaired) electrons. The van der Waals surface area contributed by atoms with Crippen LogP contribution in [0.25, 0.3) is 10.7 Å². The molecule has 0 spiro atoms. The van der Waals surface area contributed by atoms with Crippen molar-refractivity contribution in [1.82, 2.24) is 15.0 Å². The molecule has 1 unspecified atom stereocenters. The highest BCUT2D eigenvalue weighted by molar-refractivity contribution is 7.15.